The molecule has 4 heterocycles. The fraction of sp³-hybridized carbons (Fsp3) is 0.513. The minimum Gasteiger partial charge on any atom is -0.490 e. The zero-order valence-electron chi connectivity index (χ0n) is 30.3. The van der Waals surface area contributed by atoms with Crippen molar-refractivity contribution in [3.05, 3.63) is 82.0 Å². The van der Waals surface area contributed by atoms with Gasteiger partial charge < -0.3 is 23.8 Å². The maximum absolute atomic E-state index is 14.9. The summed E-state index contributed by atoms with van der Waals surface area (Å²) in [7, 11) is -0.670. The second-order valence-electron chi connectivity index (χ2n) is 15.2. The predicted molar refractivity (Wildman–Crippen MR) is 201 cm³/mol. The molecule has 53 heavy (non-hydrogen) atoms. The number of halogens is 1. The van der Waals surface area contributed by atoms with E-state index in [1.54, 1.807) is 13.1 Å². The van der Waals surface area contributed by atoms with Crippen molar-refractivity contribution in [3.63, 3.8) is 0 Å². The van der Waals surface area contributed by atoms with Crippen molar-refractivity contribution in [2.24, 2.45) is 29.2 Å². The molecule has 282 valence electrons. The molecule has 1 unspecified atom stereocenters. The number of aryl methyl sites for hydroxylation is 2. The van der Waals surface area contributed by atoms with Gasteiger partial charge in [-0.1, -0.05) is 36.7 Å². The zero-order chi connectivity index (χ0) is 36.9. The number of amides is 2. The Morgan fingerprint density at radius 2 is 1.98 bits per heavy atom. The Balaban J connectivity index is 1.22. The highest BCUT2D eigenvalue weighted by Gasteiger charge is 2.44. The molecule has 2 fully saturated rings. The van der Waals surface area contributed by atoms with E-state index in [2.05, 4.69) is 43.4 Å². The first-order valence-electron chi connectivity index (χ1n) is 18.4. The summed E-state index contributed by atoms with van der Waals surface area (Å²) in [6, 6.07) is 11.5. The topological polar surface area (TPSA) is 134 Å². The van der Waals surface area contributed by atoms with Gasteiger partial charge in [-0.25, -0.2) is 4.21 Å². The number of ether oxygens (including phenoxy) is 4. The van der Waals surface area contributed by atoms with Crippen molar-refractivity contribution in [2.75, 3.05) is 50.7 Å². The molecule has 1 aromatic heterocycles. The molecule has 5 aliphatic rings. The molecule has 1 saturated heterocycles. The van der Waals surface area contributed by atoms with Crippen LogP contribution in [0.5, 0.6) is 11.6 Å². The number of carbonyl (C=O) groups is 2. The molecule has 12 nitrogen and oxygen atoms in total. The Bertz CT molecular complexity index is 2080. The van der Waals surface area contributed by atoms with Gasteiger partial charge in [-0.15, -0.1) is 9.46 Å². The van der Waals surface area contributed by atoms with Gasteiger partial charge in [0, 0.05) is 42.3 Å². The lowest BCUT2D eigenvalue weighted by atomic mass is 9.69. The first-order valence-corrected chi connectivity index (χ1v) is 20.5. The highest BCUT2D eigenvalue weighted by molar-refractivity contribution is 7.92. The fourth-order valence-electron chi connectivity index (χ4n) is 8.78. The van der Waals surface area contributed by atoms with Crippen LogP contribution < -0.4 is 19.1 Å². The number of hydrogen-bond acceptors (Lipinski definition) is 9. The lowest BCUT2D eigenvalue weighted by Gasteiger charge is -2.44. The summed E-state index contributed by atoms with van der Waals surface area (Å²) in [5.41, 5.74) is 3.38. The smallest absolute Gasteiger partial charge is 0.286 e. The number of hydrogen-bond donors (Lipinski definition) is 1. The first kappa shape index (κ1) is 36.1. The molecule has 2 aromatic carbocycles. The van der Waals surface area contributed by atoms with E-state index in [0.717, 1.165) is 49.4 Å². The van der Waals surface area contributed by atoms with Gasteiger partial charge >= 0.3 is 0 Å². The van der Waals surface area contributed by atoms with E-state index in [0.29, 0.717) is 44.0 Å². The number of allylic oxidation sites excluding steroid dienone is 1. The molecule has 1 spiro atoms. The van der Waals surface area contributed by atoms with Gasteiger partial charge in [0.2, 0.25) is 5.88 Å². The summed E-state index contributed by atoms with van der Waals surface area (Å²) in [5.74, 6) is -0.496. The maximum Gasteiger partial charge on any atom is 0.286 e. The Hall–Kier alpha value is -3.91. The van der Waals surface area contributed by atoms with Crippen molar-refractivity contribution in [1.29, 1.82) is 0 Å². The second kappa shape index (κ2) is 14.4. The standard InChI is InChI=1S/C39H46ClN5O7S/c1-24-21-53(48,43-37(47)30-20-44(2)41-38(30)49-3)42-36(46)27-9-12-33-32(18-27)45(19-28-7-6-25(28)8-13-34-35(24)51-16-15-50-34)22-39(23-52-33)14-4-5-26-17-29(40)10-11-31(26)39/h8-13,17-18,20,24-25,28,34-35H,4-7,14-16,19,21-23H2,1-3H3,(H,42,43,46,47,48)/b13-8+/t24-,25+,28+,34-,35-,39+,53?/m1/s1. The molecular formula is C39H46ClN5O7S. The lowest BCUT2D eigenvalue weighted by molar-refractivity contribution is -0.136. The van der Waals surface area contributed by atoms with Gasteiger partial charge in [0.1, 0.15) is 27.3 Å². The van der Waals surface area contributed by atoms with Crippen LogP contribution in [0.4, 0.5) is 5.69 Å². The summed E-state index contributed by atoms with van der Waals surface area (Å²) < 4.78 is 47.6. The lowest BCUT2D eigenvalue weighted by Crippen LogP contribution is -2.48. The number of anilines is 1. The van der Waals surface area contributed by atoms with Crippen molar-refractivity contribution < 1.29 is 32.7 Å². The number of nitrogens with one attached hydrogen (secondary N) is 1. The van der Waals surface area contributed by atoms with Gasteiger partial charge in [0.05, 0.1) is 44.5 Å². The molecule has 7 atom stereocenters. The molecule has 1 N–H and O–H groups in total. The molecule has 2 amide bonds. The summed E-state index contributed by atoms with van der Waals surface area (Å²) in [6.07, 6.45) is 10.1. The van der Waals surface area contributed by atoms with Gasteiger partial charge in [-0.3, -0.25) is 19.0 Å². The Morgan fingerprint density at radius 3 is 2.79 bits per heavy atom. The van der Waals surface area contributed by atoms with Gasteiger partial charge in [0.25, 0.3) is 11.8 Å². The Morgan fingerprint density at radius 1 is 1.13 bits per heavy atom. The van der Waals surface area contributed by atoms with E-state index >= 15 is 0 Å². The average molecular weight is 764 g/mol. The second-order valence-corrected chi connectivity index (χ2v) is 17.6. The number of rotatable bonds is 3. The van der Waals surface area contributed by atoms with Crippen LogP contribution in [0.3, 0.4) is 0 Å². The molecule has 3 aliphatic heterocycles. The third-order valence-electron chi connectivity index (χ3n) is 11.6. The monoisotopic (exact) mass is 763 g/mol. The minimum absolute atomic E-state index is 0.0661. The van der Waals surface area contributed by atoms with E-state index in [1.807, 2.05) is 25.1 Å². The van der Waals surface area contributed by atoms with Crippen LogP contribution in [-0.4, -0.2) is 83.8 Å². The van der Waals surface area contributed by atoms with E-state index in [-0.39, 0.29) is 34.3 Å². The predicted octanol–water partition coefficient (Wildman–Crippen LogP) is 5.52. The molecule has 14 heteroatoms. The highest BCUT2D eigenvalue weighted by Crippen LogP contribution is 2.46. The number of fused-ring (bicyclic) bond motifs is 5. The van der Waals surface area contributed by atoms with Crippen molar-refractivity contribution in [3.8, 4) is 11.6 Å². The van der Waals surface area contributed by atoms with E-state index in [1.165, 1.54) is 29.1 Å². The van der Waals surface area contributed by atoms with E-state index in [4.69, 9.17) is 30.5 Å². The van der Waals surface area contributed by atoms with E-state index in [9.17, 15) is 13.8 Å². The maximum atomic E-state index is 14.9. The van der Waals surface area contributed by atoms with Gasteiger partial charge in [0.15, 0.2) is 0 Å². The molecule has 3 aromatic rings. The van der Waals surface area contributed by atoms with Crippen molar-refractivity contribution in [2.45, 2.75) is 56.7 Å². The van der Waals surface area contributed by atoms with Gasteiger partial charge in [-0.05, 0) is 91.3 Å². The quantitative estimate of drug-likeness (QED) is 0.342. The molecule has 2 bridgehead atoms. The van der Waals surface area contributed by atoms with Crippen molar-refractivity contribution >= 4 is 39.0 Å². The Kier molecular flexibility index (Phi) is 9.80. The first-order chi connectivity index (χ1) is 25.5. The highest BCUT2D eigenvalue weighted by atomic mass is 35.5. The normalized spacial score (nSPS) is 31.7. The van der Waals surface area contributed by atoms with Crippen LogP contribution in [0.2, 0.25) is 5.02 Å². The number of methoxy groups -OCH3 is 1. The molecule has 8 rings (SSSR count). The number of aromatic nitrogens is 2. The van der Waals surface area contributed by atoms with E-state index < -0.39 is 33.8 Å². The molecule has 0 radical (unpaired) electrons. The Labute approximate surface area is 315 Å². The van der Waals surface area contributed by atoms with Crippen LogP contribution >= 0.6 is 11.6 Å². The summed E-state index contributed by atoms with van der Waals surface area (Å²) >= 11 is 6.46. The minimum atomic E-state index is -3.72. The molecule has 1 saturated carbocycles. The number of carbonyl (C=O) groups excluding carboxylic acids is 2. The SMILES string of the molecule is COc1nn(C)cc1C(=O)NS1(=O)=NC(=O)c2ccc3c(c2)N(C[C@@H]2CC[C@H]2/C=C/[C@H]2OCCO[C@@H]2[C@H](C)C1)C[C@@]1(CCCc2cc(Cl)ccc21)CO3. The summed E-state index contributed by atoms with van der Waals surface area (Å²) in [4.78, 5) is 30.2. The summed E-state index contributed by atoms with van der Waals surface area (Å²) in [5, 5.41) is 4.90. The van der Waals surface area contributed by atoms with Gasteiger partial charge in [-0.2, -0.15) is 0 Å². The van der Waals surface area contributed by atoms with Crippen LogP contribution in [0.25, 0.3) is 0 Å². The zero-order valence-corrected chi connectivity index (χ0v) is 31.9. The average Bonchev–Trinajstić information content (AvgIpc) is 3.45. The van der Waals surface area contributed by atoms with Crippen LogP contribution in [0.15, 0.2) is 59.1 Å². The number of nitrogens with zero attached hydrogens (tertiary/aromatic N) is 4. The molecular weight excluding hydrogens is 718 g/mol. The fourth-order valence-corrected chi connectivity index (χ4v) is 10.9. The third-order valence-corrected chi connectivity index (χ3v) is 13.7. The van der Waals surface area contributed by atoms with Crippen LogP contribution in [-0.2, 0) is 38.3 Å². The largest absolute Gasteiger partial charge is 0.490 e. The van der Waals surface area contributed by atoms with Crippen LogP contribution in [0, 0.1) is 17.8 Å². The summed E-state index contributed by atoms with van der Waals surface area (Å²) in [6.45, 7) is 4.67. The molecule has 2 aliphatic carbocycles. The number of benzene rings is 2. The van der Waals surface area contributed by atoms with Crippen LogP contribution in [0.1, 0.15) is 64.4 Å². The third kappa shape index (κ3) is 7.08. The van der Waals surface area contributed by atoms with Crippen molar-refractivity contribution in [1.82, 2.24) is 14.5 Å².